The van der Waals surface area contributed by atoms with Gasteiger partial charge in [-0.25, -0.2) is 0 Å². The molecule has 0 saturated heterocycles. The van der Waals surface area contributed by atoms with Crippen LogP contribution in [0.1, 0.15) is 23.1 Å². The third kappa shape index (κ3) is 3.22. The number of alkyl halides is 3. The number of fused-ring (bicyclic) bond motifs is 1. The van der Waals surface area contributed by atoms with Gasteiger partial charge in [0, 0.05) is 19.3 Å². The maximum absolute atomic E-state index is 13.1. The van der Waals surface area contributed by atoms with Crippen molar-refractivity contribution in [3.05, 3.63) is 64.5 Å². The smallest absolute Gasteiger partial charge is 0.329 e. The van der Waals surface area contributed by atoms with Gasteiger partial charge in [-0.2, -0.15) is 13.2 Å². The van der Waals surface area contributed by atoms with E-state index in [4.69, 9.17) is 13.0 Å². The number of benzene rings is 1. The molecule has 10 heteroatoms. The lowest BCUT2D eigenvalue weighted by molar-refractivity contribution is -0.137. The summed E-state index contributed by atoms with van der Waals surface area (Å²) in [5.74, 6) is 0.386. The zero-order chi connectivity index (χ0) is 20.8. The lowest BCUT2D eigenvalue weighted by Gasteiger charge is -2.28. The molecule has 0 N–H and O–H groups in total. The average molecular weight is 409 g/mol. The summed E-state index contributed by atoms with van der Waals surface area (Å²) in [4.78, 5) is 18.4. The zero-order valence-electron chi connectivity index (χ0n) is 15.2. The summed E-state index contributed by atoms with van der Waals surface area (Å²) < 4.78 is 48.5. The molecule has 2 aromatic heterocycles. The maximum atomic E-state index is 13.1. The molecule has 0 saturated carbocycles. The topological polar surface area (TPSA) is 63.9 Å². The average Bonchev–Trinajstić information content (AvgIpc) is 3.10. The van der Waals surface area contributed by atoms with Gasteiger partial charge < -0.3 is 9.47 Å². The number of pyridine rings is 1. The largest absolute Gasteiger partial charge is 0.417 e. The summed E-state index contributed by atoms with van der Waals surface area (Å²) in [7, 11) is 0. The van der Waals surface area contributed by atoms with Crippen LogP contribution in [0.4, 0.5) is 13.2 Å². The molecule has 1 aliphatic heterocycles. The van der Waals surface area contributed by atoms with Crippen LogP contribution in [0.2, 0.25) is 5.02 Å². The maximum Gasteiger partial charge on any atom is 0.417 e. The van der Waals surface area contributed by atoms with Gasteiger partial charge >= 0.3 is 6.18 Å². The van der Waals surface area contributed by atoms with Crippen molar-refractivity contribution in [1.82, 2.24) is 24.6 Å². The van der Waals surface area contributed by atoms with Gasteiger partial charge in [-0.05, 0) is 24.2 Å². The molecule has 0 fully saturated rings. The first-order valence-electron chi connectivity index (χ1n) is 8.76. The van der Waals surface area contributed by atoms with E-state index in [1.54, 1.807) is 16.7 Å². The molecule has 144 valence electrons. The molecular formula is C18H13ClF3N5O. The minimum absolute atomic E-state index is 0.0783. The quantitative estimate of drug-likeness (QED) is 0.649. The Balaban J connectivity index is 1.60. The highest BCUT2D eigenvalue weighted by atomic mass is 35.5. The number of rotatable bonds is 2. The summed E-state index contributed by atoms with van der Waals surface area (Å²) in [6.45, 7) is 0.680. The fourth-order valence-electron chi connectivity index (χ4n) is 3.06. The SMILES string of the molecule is [2H]c1ccc(-c2nnc3n2CCN(C(=O)c2cccc(C(F)(F)F)c2Cl)C3)nc1. The molecular weight excluding hydrogens is 395 g/mol. The first kappa shape index (κ1) is 17.2. The van der Waals surface area contributed by atoms with Crippen molar-refractivity contribution in [2.75, 3.05) is 6.54 Å². The molecule has 0 aliphatic carbocycles. The van der Waals surface area contributed by atoms with Crippen LogP contribution in [-0.4, -0.2) is 37.1 Å². The molecule has 3 heterocycles. The van der Waals surface area contributed by atoms with Crippen molar-refractivity contribution in [2.24, 2.45) is 0 Å². The Morgan fingerprint density at radius 2 is 2.00 bits per heavy atom. The van der Waals surface area contributed by atoms with Crippen LogP contribution in [-0.2, 0) is 19.3 Å². The van der Waals surface area contributed by atoms with Crippen LogP contribution in [0, 0.1) is 0 Å². The number of hydrogen-bond acceptors (Lipinski definition) is 4. The molecule has 1 amide bonds. The summed E-state index contributed by atoms with van der Waals surface area (Å²) >= 11 is 5.88. The van der Waals surface area contributed by atoms with Crippen molar-refractivity contribution in [3.63, 3.8) is 0 Å². The molecule has 28 heavy (non-hydrogen) atoms. The van der Waals surface area contributed by atoms with E-state index in [9.17, 15) is 18.0 Å². The van der Waals surface area contributed by atoms with Crippen LogP contribution in [0.25, 0.3) is 11.5 Å². The lowest BCUT2D eigenvalue weighted by atomic mass is 10.1. The van der Waals surface area contributed by atoms with Gasteiger partial charge in [-0.1, -0.05) is 23.7 Å². The number of aromatic nitrogens is 4. The minimum atomic E-state index is -4.65. The van der Waals surface area contributed by atoms with E-state index in [2.05, 4.69) is 15.2 Å². The predicted octanol–water partition coefficient (Wildman–Crippen LogP) is 3.67. The van der Waals surface area contributed by atoms with E-state index in [0.29, 0.717) is 23.9 Å². The van der Waals surface area contributed by atoms with E-state index >= 15 is 0 Å². The van der Waals surface area contributed by atoms with Crippen molar-refractivity contribution in [3.8, 4) is 11.5 Å². The van der Waals surface area contributed by atoms with Gasteiger partial charge in [-0.3, -0.25) is 9.78 Å². The zero-order valence-corrected chi connectivity index (χ0v) is 15.0. The van der Waals surface area contributed by atoms with E-state index < -0.39 is 22.7 Å². The molecule has 6 nitrogen and oxygen atoms in total. The lowest BCUT2D eigenvalue weighted by Crippen LogP contribution is -2.38. The highest BCUT2D eigenvalue weighted by Crippen LogP contribution is 2.36. The Morgan fingerprint density at radius 3 is 2.71 bits per heavy atom. The van der Waals surface area contributed by atoms with E-state index in [1.165, 1.54) is 17.2 Å². The van der Waals surface area contributed by atoms with Crippen LogP contribution in [0.3, 0.4) is 0 Å². The molecule has 3 aromatic rings. The number of hydrogen-bond donors (Lipinski definition) is 0. The number of carbonyl (C=O) groups excluding carboxylic acids is 1. The van der Waals surface area contributed by atoms with Gasteiger partial charge in [0.15, 0.2) is 11.6 Å². The van der Waals surface area contributed by atoms with E-state index in [-0.39, 0.29) is 24.7 Å². The van der Waals surface area contributed by atoms with Gasteiger partial charge in [0.05, 0.1) is 24.1 Å². The Kier molecular flexibility index (Phi) is 4.23. The van der Waals surface area contributed by atoms with Gasteiger partial charge in [0.1, 0.15) is 5.69 Å². The van der Waals surface area contributed by atoms with Crippen LogP contribution in [0.15, 0.2) is 42.6 Å². The summed E-state index contributed by atoms with van der Waals surface area (Å²) in [6, 6.07) is 6.78. The second kappa shape index (κ2) is 6.90. The van der Waals surface area contributed by atoms with Crippen LogP contribution in [0.5, 0.6) is 0 Å². The van der Waals surface area contributed by atoms with Crippen molar-refractivity contribution >= 4 is 17.5 Å². The second-order valence-electron chi connectivity index (χ2n) is 6.13. The standard InChI is InChI=1S/C18H13ClF3N5O/c19-15-11(4-3-5-12(15)18(20,21)22)17(28)26-8-9-27-14(10-26)24-25-16(27)13-6-1-2-7-23-13/h1-7H,8-10H2/i2D. The van der Waals surface area contributed by atoms with E-state index in [1.807, 2.05) is 0 Å². The molecule has 4 rings (SSSR count). The fourth-order valence-corrected chi connectivity index (χ4v) is 3.37. The highest BCUT2D eigenvalue weighted by molar-refractivity contribution is 6.34. The van der Waals surface area contributed by atoms with Crippen LogP contribution >= 0.6 is 11.6 Å². The normalized spacial score (nSPS) is 14.6. The monoisotopic (exact) mass is 408 g/mol. The van der Waals surface area contributed by atoms with E-state index in [0.717, 1.165) is 12.1 Å². The minimum Gasteiger partial charge on any atom is -0.329 e. The Hall–Kier alpha value is -2.94. The Labute approximate surface area is 164 Å². The second-order valence-corrected chi connectivity index (χ2v) is 6.50. The highest BCUT2D eigenvalue weighted by Gasteiger charge is 2.36. The molecule has 0 unspecified atom stereocenters. The summed E-state index contributed by atoms with van der Waals surface area (Å²) in [5, 5.41) is 7.57. The van der Waals surface area contributed by atoms with Crippen LogP contribution < -0.4 is 0 Å². The van der Waals surface area contributed by atoms with Crippen molar-refractivity contribution in [2.45, 2.75) is 19.3 Å². The number of nitrogens with zero attached hydrogens (tertiary/aromatic N) is 5. The molecule has 0 spiro atoms. The van der Waals surface area contributed by atoms with Gasteiger partial charge in [-0.15, -0.1) is 10.2 Å². The Morgan fingerprint density at radius 1 is 1.18 bits per heavy atom. The molecule has 1 aromatic carbocycles. The predicted molar refractivity (Wildman–Crippen MR) is 94.4 cm³/mol. The van der Waals surface area contributed by atoms with Gasteiger partial charge in [0.2, 0.25) is 0 Å². The van der Waals surface area contributed by atoms with Gasteiger partial charge in [0.25, 0.3) is 5.91 Å². The Bertz CT molecular complexity index is 1080. The number of halogens is 4. The molecule has 0 atom stereocenters. The third-order valence-electron chi connectivity index (χ3n) is 4.42. The molecule has 0 radical (unpaired) electrons. The first-order valence-corrected chi connectivity index (χ1v) is 8.63. The summed E-state index contributed by atoms with van der Waals surface area (Å²) in [6.07, 6.45) is -3.25. The number of carbonyl (C=O) groups is 1. The number of amides is 1. The van der Waals surface area contributed by atoms with Crippen molar-refractivity contribution in [1.29, 1.82) is 0 Å². The third-order valence-corrected chi connectivity index (χ3v) is 4.83. The first-order chi connectivity index (χ1) is 13.8. The molecule has 1 aliphatic rings. The van der Waals surface area contributed by atoms with Crippen molar-refractivity contribution < 1.29 is 19.3 Å². The molecule has 0 bridgehead atoms. The fraction of sp³-hybridized carbons (Fsp3) is 0.222. The summed E-state index contributed by atoms with van der Waals surface area (Å²) in [5.41, 5.74) is -0.709.